The number of rotatable bonds is 16. The predicted octanol–water partition coefficient (Wildman–Crippen LogP) is 14.4. The molecule has 0 spiro atoms. The molecule has 0 fully saturated rings. The second-order valence-electron chi connectivity index (χ2n) is 21.6. The van der Waals surface area contributed by atoms with E-state index in [1.165, 1.54) is 93.5 Å². The maximum Gasteiger partial charge on any atom is 0.189 e. The van der Waals surface area contributed by atoms with Crippen LogP contribution in [0, 0.1) is 0 Å². The summed E-state index contributed by atoms with van der Waals surface area (Å²) >= 11 is 0. The van der Waals surface area contributed by atoms with Gasteiger partial charge in [-0.05, 0) is 151 Å². The van der Waals surface area contributed by atoms with Gasteiger partial charge in [0.05, 0.1) is 5.54 Å². The summed E-state index contributed by atoms with van der Waals surface area (Å²) in [6, 6.07) is 66.9. The van der Waals surface area contributed by atoms with E-state index in [2.05, 4.69) is 241 Å². The monoisotopic (exact) mass is 934 g/mol. The Hall–Kier alpha value is -7.05. The first-order valence-electron chi connectivity index (χ1n) is 25.5. The van der Waals surface area contributed by atoms with Crippen molar-refractivity contribution in [2.75, 3.05) is 26.2 Å². The van der Waals surface area contributed by atoms with Crippen LogP contribution in [0.2, 0.25) is 0 Å². The lowest BCUT2D eigenvalue weighted by Crippen LogP contribution is -2.45. The van der Waals surface area contributed by atoms with E-state index in [4.69, 9.17) is 16.5 Å². The highest BCUT2D eigenvalue weighted by Gasteiger charge is 2.23. The number of guanidine groups is 1. The highest BCUT2D eigenvalue weighted by atomic mass is 15.1. The van der Waals surface area contributed by atoms with Crippen LogP contribution in [0.1, 0.15) is 81.8 Å². The van der Waals surface area contributed by atoms with Crippen molar-refractivity contribution in [1.29, 1.82) is 0 Å². The lowest BCUT2D eigenvalue weighted by molar-refractivity contribution is 0.471. The van der Waals surface area contributed by atoms with Gasteiger partial charge < -0.3 is 22.1 Å². The zero-order valence-electron chi connectivity index (χ0n) is 42.9. The van der Waals surface area contributed by atoms with Crippen molar-refractivity contribution < 1.29 is 0 Å². The molecule has 0 bridgehead atoms. The molecule has 0 aliphatic heterocycles. The van der Waals surface area contributed by atoms with Crippen LogP contribution in [0.4, 0.5) is 0 Å². The molecule has 0 aliphatic rings. The third-order valence-electron chi connectivity index (χ3n) is 14.7. The third kappa shape index (κ3) is 10.8. The first-order valence-corrected chi connectivity index (χ1v) is 25.5. The lowest BCUT2D eigenvalue weighted by atomic mass is 9.83. The molecule has 0 aromatic heterocycles. The summed E-state index contributed by atoms with van der Waals surface area (Å²) < 4.78 is 0. The Bertz CT molecular complexity index is 3320. The Morgan fingerprint density at radius 2 is 0.873 bits per heavy atom. The smallest absolute Gasteiger partial charge is 0.189 e. The SMILES string of the molecule is CC(C)(C)c1ccc(-c2cccc3c(CCNCC(C)(C)c4ccc(-c5cccc6c(CCN=C(N)NC(C)(C)c7ccc(-c8ccc(CCN)c9ccccc89)cc7)cccc56)cc4)cccc23)cc1. The van der Waals surface area contributed by atoms with Gasteiger partial charge in [-0.3, -0.25) is 4.99 Å². The van der Waals surface area contributed by atoms with Gasteiger partial charge in [-0.15, -0.1) is 0 Å². The number of nitrogens with zero attached hydrogens (tertiary/aromatic N) is 1. The van der Waals surface area contributed by atoms with Crippen LogP contribution < -0.4 is 22.1 Å². The fourth-order valence-electron chi connectivity index (χ4n) is 10.4. The first-order chi connectivity index (χ1) is 34.2. The summed E-state index contributed by atoms with van der Waals surface area (Å²) in [5.41, 5.74) is 27.3. The third-order valence-corrected chi connectivity index (χ3v) is 14.7. The van der Waals surface area contributed by atoms with Gasteiger partial charge in [0, 0.05) is 18.5 Å². The molecule has 360 valence electrons. The minimum absolute atomic E-state index is 0.0412. The van der Waals surface area contributed by atoms with Gasteiger partial charge in [0.2, 0.25) is 0 Å². The molecule has 0 aliphatic carbocycles. The average Bonchev–Trinajstić information content (AvgIpc) is 3.37. The molecule has 0 amide bonds. The quantitative estimate of drug-likeness (QED) is 0.0441. The largest absolute Gasteiger partial charge is 0.370 e. The molecular formula is C66H71N5. The molecule has 9 aromatic carbocycles. The Labute approximate surface area is 422 Å². The van der Waals surface area contributed by atoms with Crippen LogP contribution in [0.3, 0.4) is 0 Å². The zero-order valence-corrected chi connectivity index (χ0v) is 42.9. The molecule has 0 heterocycles. The lowest BCUT2D eigenvalue weighted by Gasteiger charge is -2.28. The summed E-state index contributed by atoms with van der Waals surface area (Å²) in [6.07, 6.45) is 2.62. The van der Waals surface area contributed by atoms with Crippen molar-refractivity contribution in [1.82, 2.24) is 10.6 Å². The summed E-state index contributed by atoms with van der Waals surface area (Å²) in [5.74, 6) is 0.442. The van der Waals surface area contributed by atoms with Crippen molar-refractivity contribution in [3.63, 3.8) is 0 Å². The summed E-state index contributed by atoms with van der Waals surface area (Å²) in [7, 11) is 0. The molecule has 6 N–H and O–H groups in total. The van der Waals surface area contributed by atoms with Crippen molar-refractivity contribution in [2.24, 2.45) is 16.5 Å². The van der Waals surface area contributed by atoms with Gasteiger partial charge >= 0.3 is 0 Å². The Morgan fingerprint density at radius 3 is 1.41 bits per heavy atom. The molecule has 0 saturated heterocycles. The van der Waals surface area contributed by atoms with E-state index >= 15 is 0 Å². The molecule has 5 nitrogen and oxygen atoms in total. The molecular weight excluding hydrogens is 863 g/mol. The van der Waals surface area contributed by atoms with Gasteiger partial charge in [0.25, 0.3) is 0 Å². The van der Waals surface area contributed by atoms with Crippen LogP contribution >= 0.6 is 0 Å². The second-order valence-corrected chi connectivity index (χ2v) is 21.6. The van der Waals surface area contributed by atoms with Crippen molar-refractivity contribution >= 4 is 38.3 Å². The van der Waals surface area contributed by atoms with E-state index < -0.39 is 5.54 Å². The normalized spacial score (nSPS) is 12.5. The second kappa shape index (κ2) is 20.7. The molecule has 0 atom stereocenters. The van der Waals surface area contributed by atoms with E-state index in [-0.39, 0.29) is 10.8 Å². The van der Waals surface area contributed by atoms with E-state index in [1.807, 2.05) is 0 Å². The van der Waals surface area contributed by atoms with E-state index in [9.17, 15) is 0 Å². The summed E-state index contributed by atoms with van der Waals surface area (Å²) in [6.45, 7) is 18.8. The van der Waals surface area contributed by atoms with Gasteiger partial charge in [-0.2, -0.15) is 0 Å². The molecule has 5 heteroatoms. The van der Waals surface area contributed by atoms with Gasteiger partial charge in [0.15, 0.2) is 5.96 Å². The molecule has 9 aromatic rings. The summed E-state index contributed by atoms with van der Waals surface area (Å²) in [4.78, 5) is 4.82. The Kier molecular flexibility index (Phi) is 14.3. The number of hydrogen-bond donors (Lipinski definition) is 4. The predicted molar refractivity (Wildman–Crippen MR) is 306 cm³/mol. The number of nitrogens with two attached hydrogens (primary N) is 2. The standard InChI is InChI=1S/C66H71N5/c1-64(2,3)51-31-24-47(25-32-51)57-20-12-18-55-45(14-10-22-61(55)57)39-42-69-44-65(4,5)52-33-26-48(27-34-52)58-21-13-19-56-46(15-11-23-62(56)58)40-43-70-63(68)71-66(6,7)53-35-28-49(29-36-53)59-37-30-50(38-41-67)54-16-8-9-17-60(54)59/h8-37,69H,38-44,67H2,1-7H3,(H3,68,70,71). The molecule has 0 unspecified atom stereocenters. The molecule has 0 radical (unpaired) electrons. The zero-order chi connectivity index (χ0) is 49.8. The number of fused-ring (bicyclic) bond motifs is 3. The minimum Gasteiger partial charge on any atom is -0.370 e. The van der Waals surface area contributed by atoms with Crippen LogP contribution in [0.15, 0.2) is 187 Å². The van der Waals surface area contributed by atoms with E-state index in [0.717, 1.165) is 37.9 Å². The Morgan fingerprint density at radius 1 is 0.437 bits per heavy atom. The fraction of sp³-hybridized carbons (Fsp3) is 0.258. The summed E-state index contributed by atoms with van der Waals surface area (Å²) in [5, 5.41) is 15.0. The van der Waals surface area contributed by atoms with Crippen LogP contribution in [-0.4, -0.2) is 32.1 Å². The number of nitrogens with one attached hydrogen (secondary N) is 2. The van der Waals surface area contributed by atoms with Crippen molar-refractivity contribution in [2.45, 2.75) is 84.1 Å². The minimum atomic E-state index is -0.418. The van der Waals surface area contributed by atoms with Crippen molar-refractivity contribution in [3.05, 3.63) is 215 Å². The van der Waals surface area contributed by atoms with Gasteiger partial charge in [-0.25, -0.2) is 0 Å². The van der Waals surface area contributed by atoms with Crippen molar-refractivity contribution in [3.8, 4) is 33.4 Å². The van der Waals surface area contributed by atoms with Gasteiger partial charge in [0.1, 0.15) is 0 Å². The molecule has 71 heavy (non-hydrogen) atoms. The number of hydrogen-bond acceptors (Lipinski definition) is 3. The first kappa shape index (κ1) is 49.0. The average molecular weight is 934 g/mol. The topological polar surface area (TPSA) is 88.5 Å². The van der Waals surface area contributed by atoms with Gasteiger partial charge in [-0.1, -0.05) is 217 Å². The fourth-order valence-corrected chi connectivity index (χ4v) is 10.4. The number of aliphatic imine (C=N–C) groups is 1. The maximum absolute atomic E-state index is 6.57. The highest BCUT2D eigenvalue weighted by Crippen LogP contribution is 2.36. The van der Waals surface area contributed by atoms with E-state index in [0.29, 0.717) is 19.0 Å². The van der Waals surface area contributed by atoms with Crippen LogP contribution in [0.25, 0.3) is 65.7 Å². The maximum atomic E-state index is 6.57. The molecule has 9 rings (SSSR count). The number of benzene rings is 9. The Balaban J connectivity index is 0.808. The highest BCUT2D eigenvalue weighted by molar-refractivity contribution is 6.00. The molecule has 0 saturated carbocycles. The van der Waals surface area contributed by atoms with E-state index in [1.54, 1.807) is 0 Å². The van der Waals surface area contributed by atoms with Crippen LogP contribution in [0.5, 0.6) is 0 Å². The van der Waals surface area contributed by atoms with Crippen LogP contribution in [-0.2, 0) is 35.6 Å².